The molecule has 0 aliphatic carbocycles. The van der Waals surface area contributed by atoms with Crippen molar-refractivity contribution >= 4 is 11.0 Å². The van der Waals surface area contributed by atoms with Crippen molar-refractivity contribution in [1.82, 2.24) is 0 Å². The van der Waals surface area contributed by atoms with Gasteiger partial charge in [-0.15, -0.1) is 0 Å². The van der Waals surface area contributed by atoms with Gasteiger partial charge in [0.1, 0.15) is 17.6 Å². The Kier molecular flexibility index (Phi) is 3.03. The monoisotopic (exact) mass is 266 g/mol. The maximum Gasteiger partial charge on any atom is 0.200 e. The number of rotatable bonds is 2. The van der Waals surface area contributed by atoms with Crippen LogP contribution in [0.2, 0.25) is 0 Å². The molecule has 0 amide bonds. The molecule has 0 radical (unpaired) electrons. The summed E-state index contributed by atoms with van der Waals surface area (Å²) >= 11 is 0. The van der Waals surface area contributed by atoms with Gasteiger partial charge >= 0.3 is 0 Å². The molecular formula is C17H14O3. The summed E-state index contributed by atoms with van der Waals surface area (Å²) in [4.78, 5) is 12.5. The van der Waals surface area contributed by atoms with Gasteiger partial charge in [0.25, 0.3) is 0 Å². The Bertz CT molecular complexity index is 831. The fourth-order valence-electron chi connectivity index (χ4n) is 2.25. The van der Waals surface area contributed by atoms with E-state index in [0.717, 1.165) is 11.1 Å². The van der Waals surface area contributed by atoms with Crippen molar-refractivity contribution in [3.05, 3.63) is 64.5 Å². The second-order valence-electron chi connectivity index (χ2n) is 4.71. The molecule has 3 rings (SSSR count). The minimum absolute atomic E-state index is 0.0282. The van der Waals surface area contributed by atoms with E-state index in [-0.39, 0.29) is 5.43 Å². The van der Waals surface area contributed by atoms with Crippen LogP contribution in [0.4, 0.5) is 0 Å². The molecule has 3 aromatic rings. The first kappa shape index (κ1) is 12.5. The van der Waals surface area contributed by atoms with E-state index in [4.69, 9.17) is 9.15 Å². The third-order valence-electron chi connectivity index (χ3n) is 3.31. The number of benzene rings is 2. The Hall–Kier alpha value is -2.55. The number of ether oxygens (including phenoxy) is 1. The van der Waals surface area contributed by atoms with E-state index in [1.54, 1.807) is 25.3 Å². The quantitative estimate of drug-likeness (QED) is 0.708. The molecule has 100 valence electrons. The van der Waals surface area contributed by atoms with Crippen molar-refractivity contribution in [1.29, 1.82) is 0 Å². The Morgan fingerprint density at radius 1 is 1.10 bits per heavy atom. The lowest BCUT2D eigenvalue weighted by molar-refractivity contribution is 0.414. The van der Waals surface area contributed by atoms with Crippen molar-refractivity contribution < 1.29 is 9.15 Å². The first-order valence-electron chi connectivity index (χ1n) is 6.35. The van der Waals surface area contributed by atoms with Crippen LogP contribution in [-0.4, -0.2) is 7.11 Å². The molecule has 0 atom stereocenters. The number of hydrogen-bond acceptors (Lipinski definition) is 3. The molecule has 2 aromatic carbocycles. The van der Waals surface area contributed by atoms with Gasteiger partial charge in [0, 0.05) is 6.07 Å². The summed E-state index contributed by atoms with van der Waals surface area (Å²) in [6.45, 7) is 2.00. The summed E-state index contributed by atoms with van der Waals surface area (Å²) in [6.07, 6.45) is 1.51. The first-order valence-corrected chi connectivity index (χ1v) is 6.35. The van der Waals surface area contributed by atoms with Crippen LogP contribution in [0, 0.1) is 6.92 Å². The van der Waals surface area contributed by atoms with Gasteiger partial charge in [-0.05, 0) is 24.6 Å². The molecular weight excluding hydrogens is 252 g/mol. The molecule has 1 aromatic heterocycles. The van der Waals surface area contributed by atoms with Crippen LogP contribution < -0.4 is 10.2 Å². The minimum atomic E-state index is -0.0282. The predicted octanol–water partition coefficient (Wildman–Crippen LogP) is 3.78. The number of aryl methyl sites for hydroxylation is 1. The lowest BCUT2D eigenvalue weighted by Gasteiger charge is -2.05. The third-order valence-corrected chi connectivity index (χ3v) is 3.31. The molecule has 1 heterocycles. The summed E-state index contributed by atoms with van der Waals surface area (Å²) in [5.74, 6) is 0.670. The Balaban J connectivity index is 2.24. The molecule has 0 fully saturated rings. The standard InChI is InChI=1S/C17H14O3/c1-11-4-3-5-12(8-11)15-10-20-16-9-13(19-2)6-7-14(16)17(15)18/h3-10H,1-2H3. The van der Waals surface area contributed by atoms with Gasteiger partial charge in [0.05, 0.1) is 18.1 Å². The Morgan fingerprint density at radius 3 is 2.70 bits per heavy atom. The van der Waals surface area contributed by atoms with E-state index >= 15 is 0 Å². The highest BCUT2D eigenvalue weighted by Crippen LogP contribution is 2.23. The molecule has 0 saturated carbocycles. The van der Waals surface area contributed by atoms with Gasteiger partial charge in [-0.3, -0.25) is 4.79 Å². The minimum Gasteiger partial charge on any atom is -0.497 e. The molecule has 0 saturated heterocycles. The van der Waals surface area contributed by atoms with Crippen LogP contribution in [0.1, 0.15) is 5.56 Å². The van der Waals surface area contributed by atoms with Gasteiger partial charge in [-0.1, -0.05) is 29.8 Å². The average Bonchev–Trinajstić information content (AvgIpc) is 2.47. The number of methoxy groups -OCH3 is 1. The third kappa shape index (κ3) is 2.07. The summed E-state index contributed by atoms with van der Waals surface area (Å²) < 4.78 is 10.7. The van der Waals surface area contributed by atoms with Gasteiger partial charge in [0.2, 0.25) is 0 Å². The molecule has 3 heteroatoms. The van der Waals surface area contributed by atoms with E-state index in [0.29, 0.717) is 22.3 Å². The van der Waals surface area contributed by atoms with Crippen molar-refractivity contribution in [3.63, 3.8) is 0 Å². The topological polar surface area (TPSA) is 39.4 Å². The molecule has 0 bridgehead atoms. The van der Waals surface area contributed by atoms with E-state index in [9.17, 15) is 4.79 Å². The van der Waals surface area contributed by atoms with Crippen LogP contribution in [0.3, 0.4) is 0 Å². The fourth-order valence-corrected chi connectivity index (χ4v) is 2.25. The van der Waals surface area contributed by atoms with E-state index in [1.807, 2.05) is 31.2 Å². The normalized spacial score (nSPS) is 10.7. The van der Waals surface area contributed by atoms with Crippen molar-refractivity contribution in [2.24, 2.45) is 0 Å². The second kappa shape index (κ2) is 4.85. The Morgan fingerprint density at radius 2 is 1.95 bits per heavy atom. The highest BCUT2D eigenvalue weighted by atomic mass is 16.5. The lowest BCUT2D eigenvalue weighted by Crippen LogP contribution is -2.04. The largest absolute Gasteiger partial charge is 0.497 e. The van der Waals surface area contributed by atoms with Crippen molar-refractivity contribution in [3.8, 4) is 16.9 Å². The fraction of sp³-hybridized carbons (Fsp3) is 0.118. The second-order valence-corrected chi connectivity index (χ2v) is 4.71. The lowest BCUT2D eigenvalue weighted by atomic mass is 10.0. The van der Waals surface area contributed by atoms with Gasteiger partial charge in [0.15, 0.2) is 5.43 Å². The van der Waals surface area contributed by atoms with E-state index in [1.165, 1.54) is 6.26 Å². The predicted molar refractivity (Wildman–Crippen MR) is 79.2 cm³/mol. The van der Waals surface area contributed by atoms with Crippen molar-refractivity contribution in [2.75, 3.05) is 7.11 Å². The zero-order valence-corrected chi connectivity index (χ0v) is 11.3. The number of hydrogen-bond donors (Lipinski definition) is 0. The zero-order chi connectivity index (χ0) is 14.1. The average molecular weight is 266 g/mol. The Labute approximate surface area is 116 Å². The van der Waals surface area contributed by atoms with E-state index < -0.39 is 0 Å². The summed E-state index contributed by atoms with van der Waals surface area (Å²) in [6, 6.07) is 13.0. The van der Waals surface area contributed by atoms with E-state index in [2.05, 4.69) is 0 Å². The summed E-state index contributed by atoms with van der Waals surface area (Å²) in [7, 11) is 1.58. The summed E-state index contributed by atoms with van der Waals surface area (Å²) in [5, 5.41) is 0.560. The molecule has 0 spiro atoms. The molecule has 0 unspecified atom stereocenters. The smallest absolute Gasteiger partial charge is 0.200 e. The van der Waals surface area contributed by atoms with Crippen LogP contribution in [0.25, 0.3) is 22.1 Å². The van der Waals surface area contributed by atoms with Crippen LogP contribution in [0.5, 0.6) is 5.75 Å². The van der Waals surface area contributed by atoms with Crippen LogP contribution in [-0.2, 0) is 0 Å². The highest BCUT2D eigenvalue weighted by molar-refractivity contribution is 5.82. The van der Waals surface area contributed by atoms with Crippen molar-refractivity contribution in [2.45, 2.75) is 6.92 Å². The zero-order valence-electron chi connectivity index (χ0n) is 11.3. The van der Waals surface area contributed by atoms with Gasteiger partial charge in [-0.25, -0.2) is 0 Å². The first-order chi connectivity index (χ1) is 9.69. The van der Waals surface area contributed by atoms with Gasteiger partial charge < -0.3 is 9.15 Å². The molecule has 3 nitrogen and oxygen atoms in total. The SMILES string of the molecule is COc1ccc2c(=O)c(-c3cccc(C)c3)coc2c1. The molecule has 0 aliphatic heterocycles. The molecule has 0 N–H and O–H groups in total. The maximum atomic E-state index is 12.5. The summed E-state index contributed by atoms with van der Waals surface area (Å²) in [5.41, 5.74) is 3.06. The highest BCUT2D eigenvalue weighted by Gasteiger charge is 2.09. The maximum absolute atomic E-state index is 12.5. The molecule has 20 heavy (non-hydrogen) atoms. The van der Waals surface area contributed by atoms with Gasteiger partial charge in [-0.2, -0.15) is 0 Å². The van der Waals surface area contributed by atoms with Crippen LogP contribution in [0.15, 0.2) is 57.9 Å². The molecule has 0 aliphatic rings. The van der Waals surface area contributed by atoms with Crippen LogP contribution >= 0.6 is 0 Å². The number of fused-ring (bicyclic) bond motifs is 1.